The fourth-order valence-electron chi connectivity index (χ4n) is 3.65. The summed E-state index contributed by atoms with van der Waals surface area (Å²) in [6.07, 6.45) is -4.78. The molecule has 1 aliphatic rings. The predicted molar refractivity (Wildman–Crippen MR) is 121 cm³/mol. The van der Waals surface area contributed by atoms with Crippen molar-refractivity contribution in [3.8, 4) is 11.5 Å². The molecule has 0 spiro atoms. The molecule has 0 fully saturated rings. The highest BCUT2D eigenvalue weighted by Crippen LogP contribution is 2.33. The zero-order valence-electron chi connectivity index (χ0n) is 18.6. The van der Waals surface area contributed by atoms with Crippen molar-refractivity contribution in [2.24, 2.45) is 0 Å². The molecule has 3 aromatic rings. The van der Waals surface area contributed by atoms with Gasteiger partial charge in [-0.15, -0.1) is 13.2 Å². The second-order valence-electron chi connectivity index (χ2n) is 7.62. The first-order valence-corrected chi connectivity index (χ1v) is 10.6. The van der Waals surface area contributed by atoms with E-state index in [9.17, 15) is 22.8 Å². The van der Waals surface area contributed by atoms with Crippen LogP contribution < -0.4 is 19.7 Å². The van der Waals surface area contributed by atoms with Gasteiger partial charge in [0.2, 0.25) is 0 Å². The van der Waals surface area contributed by atoms with Crippen molar-refractivity contribution in [1.29, 1.82) is 0 Å². The second kappa shape index (κ2) is 9.96. The van der Waals surface area contributed by atoms with Gasteiger partial charge >= 0.3 is 12.3 Å². The molecule has 1 aliphatic heterocycles. The molecule has 3 aromatic carbocycles. The van der Waals surface area contributed by atoms with E-state index < -0.39 is 6.36 Å². The lowest BCUT2D eigenvalue weighted by atomic mass is 10.0. The van der Waals surface area contributed by atoms with E-state index in [1.165, 1.54) is 36.3 Å². The van der Waals surface area contributed by atoms with Gasteiger partial charge in [0.15, 0.2) is 0 Å². The summed E-state index contributed by atoms with van der Waals surface area (Å²) < 4.78 is 51.6. The molecule has 0 aliphatic carbocycles. The second-order valence-corrected chi connectivity index (χ2v) is 7.62. The van der Waals surface area contributed by atoms with E-state index in [2.05, 4.69) is 14.8 Å². The van der Waals surface area contributed by atoms with Crippen molar-refractivity contribution in [3.05, 3.63) is 83.4 Å². The average Bonchev–Trinajstić information content (AvgIpc) is 3.18. The molecular weight excluding hydrogens is 465 g/mol. The van der Waals surface area contributed by atoms with Crippen LogP contribution in [0.3, 0.4) is 0 Å². The summed E-state index contributed by atoms with van der Waals surface area (Å²) in [5.74, 6) is -0.372. The molecule has 0 saturated heterocycles. The van der Waals surface area contributed by atoms with Crippen LogP contribution in [0.5, 0.6) is 11.5 Å². The molecule has 7 nitrogen and oxygen atoms in total. The number of ether oxygens (including phenoxy) is 3. The molecule has 0 radical (unpaired) electrons. The number of halogens is 3. The smallest absolute Gasteiger partial charge is 0.489 e. The number of fused-ring (bicyclic) bond motifs is 1. The maximum absolute atomic E-state index is 12.9. The van der Waals surface area contributed by atoms with Crippen LogP contribution in [0.25, 0.3) is 0 Å². The van der Waals surface area contributed by atoms with Crippen molar-refractivity contribution in [3.63, 3.8) is 0 Å². The van der Waals surface area contributed by atoms with Gasteiger partial charge in [0.05, 0.1) is 13.7 Å². The van der Waals surface area contributed by atoms with Crippen LogP contribution in [-0.2, 0) is 22.7 Å². The molecule has 1 heterocycles. The fraction of sp³-hybridized carbons (Fsp3) is 0.200. The molecule has 182 valence electrons. The van der Waals surface area contributed by atoms with Crippen LogP contribution in [0.15, 0.2) is 66.7 Å². The molecule has 0 unspecified atom stereocenters. The molecular formula is C25H21F3N2O5. The normalized spacial score (nSPS) is 12.8. The van der Waals surface area contributed by atoms with Gasteiger partial charge in [-0.1, -0.05) is 12.1 Å². The van der Waals surface area contributed by atoms with E-state index in [4.69, 9.17) is 4.74 Å². The molecule has 35 heavy (non-hydrogen) atoms. The van der Waals surface area contributed by atoms with Gasteiger partial charge < -0.3 is 24.4 Å². The summed E-state index contributed by atoms with van der Waals surface area (Å²) in [7, 11) is 1.32. The average molecular weight is 486 g/mol. The van der Waals surface area contributed by atoms with Crippen LogP contribution in [-0.4, -0.2) is 31.9 Å². The lowest BCUT2D eigenvalue weighted by Crippen LogP contribution is -2.23. The molecule has 0 atom stereocenters. The van der Waals surface area contributed by atoms with Crippen molar-refractivity contribution >= 4 is 23.3 Å². The van der Waals surface area contributed by atoms with Gasteiger partial charge in [-0.2, -0.15) is 0 Å². The Morgan fingerprint density at radius 1 is 1.00 bits per heavy atom. The van der Waals surface area contributed by atoms with Crippen LogP contribution in [0.4, 0.5) is 24.5 Å². The Balaban J connectivity index is 1.41. The van der Waals surface area contributed by atoms with Crippen LogP contribution in [0.2, 0.25) is 0 Å². The first-order chi connectivity index (χ1) is 16.7. The van der Waals surface area contributed by atoms with Crippen LogP contribution >= 0.6 is 0 Å². The Morgan fingerprint density at radius 3 is 2.34 bits per heavy atom. The number of esters is 1. The molecule has 10 heteroatoms. The highest BCUT2D eigenvalue weighted by molar-refractivity contribution is 6.10. The monoisotopic (exact) mass is 486 g/mol. The highest BCUT2D eigenvalue weighted by atomic mass is 19.4. The number of alkyl halides is 3. The van der Waals surface area contributed by atoms with E-state index in [0.717, 1.165) is 16.8 Å². The predicted octanol–water partition coefficient (Wildman–Crippen LogP) is 4.91. The van der Waals surface area contributed by atoms with E-state index in [-0.39, 0.29) is 37.3 Å². The van der Waals surface area contributed by atoms with Gasteiger partial charge in [-0.25, -0.2) is 0 Å². The number of carbonyl (C=O) groups is 2. The maximum Gasteiger partial charge on any atom is 0.573 e. The van der Waals surface area contributed by atoms with Gasteiger partial charge in [-0.05, 0) is 65.7 Å². The summed E-state index contributed by atoms with van der Waals surface area (Å²) in [6.45, 7) is 0.538. The van der Waals surface area contributed by atoms with Gasteiger partial charge in [-0.3, -0.25) is 9.59 Å². The third-order valence-corrected chi connectivity index (χ3v) is 5.36. The molecule has 1 amide bonds. The minimum Gasteiger partial charge on any atom is -0.489 e. The van der Waals surface area contributed by atoms with Gasteiger partial charge in [0.1, 0.15) is 24.7 Å². The van der Waals surface area contributed by atoms with Crippen molar-refractivity contribution in [2.45, 2.75) is 19.5 Å². The number of hydrogen-bond donors (Lipinski definition) is 1. The summed E-state index contributed by atoms with van der Waals surface area (Å²) in [4.78, 5) is 25.7. The van der Waals surface area contributed by atoms with E-state index in [1.807, 2.05) is 6.07 Å². The number of rotatable bonds is 8. The van der Waals surface area contributed by atoms with E-state index in [1.54, 1.807) is 36.4 Å². The number of carbonyl (C=O) groups excluding carboxylic acids is 2. The van der Waals surface area contributed by atoms with E-state index >= 15 is 0 Å². The third kappa shape index (κ3) is 5.84. The standard InChI is InChI=1S/C25H21F3N2O5/c1-33-23(31)13-29-17-5-9-19(10-6-17)34-15-16-3-2-4-21-22(16)14-30(24(21)32)18-7-11-20(12-8-18)35-25(26,27)28/h2-12,29H,13-15H2,1H3. The van der Waals surface area contributed by atoms with Crippen LogP contribution in [0.1, 0.15) is 21.5 Å². The summed E-state index contributed by atoms with van der Waals surface area (Å²) in [5.41, 5.74) is 3.33. The SMILES string of the molecule is COC(=O)CNc1ccc(OCc2cccc3c2CN(c2ccc(OC(F)(F)F)cc2)C3=O)cc1. The first-order valence-electron chi connectivity index (χ1n) is 10.6. The lowest BCUT2D eigenvalue weighted by molar-refractivity contribution is -0.274. The minimum atomic E-state index is -4.78. The molecule has 0 bridgehead atoms. The summed E-state index contributed by atoms with van der Waals surface area (Å²) in [5, 5.41) is 2.93. The number of anilines is 2. The quantitative estimate of drug-likeness (QED) is 0.456. The highest BCUT2D eigenvalue weighted by Gasteiger charge is 2.32. The number of nitrogens with zero attached hydrogens (tertiary/aromatic N) is 1. The molecule has 1 N–H and O–H groups in total. The van der Waals surface area contributed by atoms with Crippen molar-refractivity contribution in [1.82, 2.24) is 0 Å². The number of methoxy groups -OCH3 is 1. The number of nitrogens with one attached hydrogen (secondary N) is 1. The van der Waals surface area contributed by atoms with Crippen molar-refractivity contribution < 1.29 is 37.0 Å². The van der Waals surface area contributed by atoms with Crippen LogP contribution in [0, 0.1) is 0 Å². The topological polar surface area (TPSA) is 77.1 Å². The minimum absolute atomic E-state index is 0.0511. The zero-order valence-corrected chi connectivity index (χ0v) is 18.6. The Morgan fingerprint density at radius 2 is 1.69 bits per heavy atom. The van der Waals surface area contributed by atoms with Gasteiger partial charge in [0, 0.05) is 16.9 Å². The third-order valence-electron chi connectivity index (χ3n) is 5.36. The first kappa shape index (κ1) is 23.9. The lowest BCUT2D eigenvalue weighted by Gasteiger charge is -2.17. The largest absolute Gasteiger partial charge is 0.573 e. The van der Waals surface area contributed by atoms with Gasteiger partial charge in [0.25, 0.3) is 5.91 Å². The summed E-state index contributed by atoms with van der Waals surface area (Å²) in [6, 6.07) is 17.6. The Bertz CT molecular complexity index is 1210. The number of amides is 1. The fourth-order valence-corrected chi connectivity index (χ4v) is 3.65. The van der Waals surface area contributed by atoms with Crippen molar-refractivity contribution in [2.75, 3.05) is 23.9 Å². The molecule has 0 aromatic heterocycles. The Labute approximate surface area is 199 Å². The number of benzene rings is 3. The summed E-state index contributed by atoms with van der Waals surface area (Å²) >= 11 is 0. The van der Waals surface area contributed by atoms with E-state index in [0.29, 0.717) is 17.0 Å². The number of hydrogen-bond acceptors (Lipinski definition) is 6. The molecule has 0 saturated carbocycles. The zero-order chi connectivity index (χ0) is 25.0. The maximum atomic E-state index is 12.9. The Hall–Kier alpha value is -4.21. The Kier molecular flexibility index (Phi) is 6.81. The molecule has 4 rings (SSSR count).